The van der Waals surface area contributed by atoms with Crippen LogP contribution in [-0.4, -0.2) is 15.7 Å². The monoisotopic (exact) mass is 292 g/mol. The number of aryl methyl sites for hydroxylation is 1. The molecule has 1 aromatic rings. The number of nitrogens with zero attached hydrogens (tertiary/aromatic N) is 1. The van der Waals surface area contributed by atoms with Crippen LogP contribution in [0.2, 0.25) is 0 Å². The summed E-state index contributed by atoms with van der Waals surface area (Å²) in [7, 11) is 0. The first-order valence-corrected chi connectivity index (χ1v) is 7.59. The van der Waals surface area contributed by atoms with E-state index >= 15 is 0 Å². The van der Waals surface area contributed by atoms with Gasteiger partial charge in [-0.25, -0.2) is 5.48 Å². The highest BCUT2D eigenvalue weighted by atomic mass is 16.5. The molecule has 0 spiro atoms. The van der Waals surface area contributed by atoms with Gasteiger partial charge in [0.2, 0.25) is 0 Å². The van der Waals surface area contributed by atoms with Crippen LogP contribution in [0.4, 0.5) is 0 Å². The molecule has 21 heavy (non-hydrogen) atoms. The molecule has 1 saturated carbocycles. The van der Waals surface area contributed by atoms with Crippen LogP contribution in [0.25, 0.3) is 0 Å². The third-order valence-electron chi connectivity index (χ3n) is 4.64. The third-order valence-corrected chi connectivity index (χ3v) is 4.64. The molecule has 0 radical (unpaired) electrons. The first-order valence-electron chi connectivity index (χ1n) is 7.59. The Hall–Kier alpha value is -1.62. The standard InChI is InChI=1S/C16H24N2O3/c1-10-5-4-6-13(7-10)9-18-12(3)11(2)8-14(16(18)20)15(19)17-21/h8,10,13,21H,4-7,9H2,1-3H3,(H,17,19). The van der Waals surface area contributed by atoms with Gasteiger partial charge in [-0.2, -0.15) is 0 Å². The molecule has 1 amide bonds. The topological polar surface area (TPSA) is 71.3 Å². The van der Waals surface area contributed by atoms with Gasteiger partial charge in [0.1, 0.15) is 5.56 Å². The molecular weight excluding hydrogens is 268 g/mol. The van der Waals surface area contributed by atoms with Crippen LogP contribution in [0.15, 0.2) is 10.9 Å². The number of nitrogens with one attached hydrogen (secondary N) is 1. The fourth-order valence-corrected chi connectivity index (χ4v) is 3.32. The van der Waals surface area contributed by atoms with Gasteiger partial charge in [-0.3, -0.25) is 14.8 Å². The van der Waals surface area contributed by atoms with E-state index in [1.54, 1.807) is 16.1 Å². The lowest BCUT2D eigenvalue weighted by atomic mass is 9.82. The molecule has 0 bridgehead atoms. The van der Waals surface area contributed by atoms with Crippen molar-refractivity contribution in [1.82, 2.24) is 10.0 Å². The second-order valence-corrected chi connectivity index (χ2v) is 6.32. The second kappa shape index (κ2) is 6.43. The van der Waals surface area contributed by atoms with E-state index in [0.29, 0.717) is 18.4 Å². The summed E-state index contributed by atoms with van der Waals surface area (Å²) in [6, 6.07) is 1.54. The molecule has 2 rings (SSSR count). The summed E-state index contributed by atoms with van der Waals surface area (Å²) in [5, 5.41) is 8.77. The maximum absolute atomic E-state index is 12.5. The molecule has 1 aromatic heterocycles. The van der Waals surface area contributed by atoms with Crippen molar-refractivity contribution in [1.29, 1.82) is 0 Å². The van der Waals surface area contributed by atoms with E-state index < -0.39 is 5.91 Å². The van der Waals surface area contributed by atoms with Crippen LogP contribution in [-0.2, 0) is 6.54 Å². The highest BCUT2D eigenvalue weighted by Crippen LogP contribution is 2.29. The first-order chi connectivity index (χ1) is 9.93. The number of carbonyl (C=O) groups is 1. The number of aromatic nitrogens is 1. The van der Waals surface area contributed by atoms with Gasteiger partial charge < -0.3 is 4.57 Å². The van der Waals surface area contributed by atoms with E-state index in [1.807, 2.05) is 13.8 Å². The number of hydroxylamine groups is 1. The quantitative estimate of drug-likeness (QED) is 0.664. The van der Waals surface area contributed by atoms with E-state index in [9.17, 15) is 9.59 Å². The van der Waals surface area contributed by atoms with Crippen molar-refractivity contribution < 1.29 is 10.0 Å². The molecule has 1 heterocycles. The average Bonchev–Trinajstić information content (AvgIpc) is 2.46. The lowest BCUT2D eigenvalue weighted by Gasteiger charge is -2.28. The summed E-state index contributed by atoms with van der Waals surface area (Å²) in [6.07, 6.45) is 4.72. The third kappa shape index (κ3) is 3.35. The van der Waals surface area contributed by atoms with Crippen LogP contribution in [0, 0.1) is 25.7 Å². The largest absolute Gasteiger partial charge is 0.312 e. The lowest BCUT2D eigenvalue weighted by molar-refractivity contribution is 0.0703. The van der Waals surface area contributed by atoms with Crippen molar-refractivity contribution in [3.05, 3.63) is 33.2 Å². The van der Waals surface area contributed by atoms with Crippen molar-refractivity contribution in [2.45, 2.75) is 53.0 Å². The van der Waals surface area contributed by atoms with Gasteiger partial charge in [0, 0.05) is 12.2 Å². The van der Waals surface area contributed by atoms with Crippen LogP contribution in [0.5, 0.6) is 0 Å². The van der Waals surface area contributed by atoms with Gasteiger partial charge in [0.15, 0.2) is 0 Å². The number of amides is 1. The van der Waals surface area contributed by atoms with Gasteiger partial charge in [0.25, 0.3) is 11.5 Å². The summed E-state index contributed by atoms with van der Waals surface area (Å²) >= 11 is 0. The van der Waals surface area contributed by atoms with E-state index in [0.717, 1.165) is 24.1 Å². The molecule has 5 heteroatoms. The summed E-state index contributed by atoms with van der Waals surface area (Å²) in [6.45, 7) is 6.69. The minimum atomic E-state index is -0.742. The van der Waals surface area contributed by atoms with Crippen molar-refractivity contribution in [2.24, 2.45) is 11.8 Å². The zero-order valence-corrected chi connectivity index (χ0v) is 13.0. The van der Waals surface area contributed by atoms with Gasteiger partial charge in [-0.15, -0.1) is 0 Å². The molecule has 0 aromatic carbocycles. The molecule has 0 aliphatic heterocycles. The molecule has 5 nitrogen and oxygen atoms in total. The minimum absolute atomic E-state index is 0.00413. The fourth-order valence-electron chi connectivity index (χ4n) is 3.32. The zero-order valence-electron chi connectivity index (χ0n) is 13.0. The molecule has 116 valence electrons. The summed E-state index contributed by atoms with van der Waals surface area (Å²) in [4.78, 5) is 24.1. The Kier molecular flexibility index (Phi) is 4.83. The Morgan fingerprint density at radius 1 is 1.43 bits per heavy atom. The second-order valence-electron chi connectivity index (χ2n) is 6.32. The lowest BCUT2D eigenvalue weighted by Crippen LogP contribution is -2.35. The maximum atomic E-state index is 12.5. The van der Waals surface area contributed by atoms with Crippen molar-refractivity contribution >= 4 is 5.91 Å². The Labute approximate surface area is 124 Å². The Morgan fingerprint density at radius 2 is 2.14 bits per heavy atom. The van der Waals surface area contributed by atoms with Gasteiger partial charge >= 0.3 is 0 Å². The number of hydrogen-bond acceptors (Lipinski definition) is 3. The number of rotatable bonds is 3. The molecule has 2 atom stereocenters. The Morgan fingerprint density at radius 3 is 2.76 bits per heavy atom. The van der Waals surface area contributed by atoms with Crippen molar-refractivity contribution in [2.75, 3.05) is 0 Å². The average molecular weight is 292 g/mol. The summed E-state index contributed by atoms with van der Waals surface area (Å²) < 4.78 is 1.70. The number of pyridine rings is 1. The first kappa shape index (κ1) is 15.8. The van der Waals surface area contributed by atoms with Gasteiger partial charge in [-0.1, -0.05) is 19.8 Å². The van der Waals surface area contributed by atoms with Crippen molar-refractivity contribution in [3.63, 3.8) is 0 Å². The SMILES string of the molecule is Cc1cc(C(=O)NO)c(=O)n(CC2CCCC(C)C2)c1C. The number of carbonyl (C=O) groups excluding carboxylic acids is 1. The fraction of sp³-hybridized carbons (Fsp3) is 0.625. The van der Waals surface area contributed by atoms with E-state index in [-0.39, 0.29) is 11.1 Å². The maximum Gasteiger partial charge on any atom is 0.280 e. The normalized spacial score (nSPS) is 22.1. The Balaban J connectivity index is 2.36. The molecule has 2 N–H and O–H groups in total. The van der Waals surface area contributed by atoms with Crippen LogP contribution < -0.4 is 11.0 Å². The van der Waals surface area contributed by atoms with E-state index in [2.05, 4.69) is 6.92 Å². The summed E-state index contributed by atoms with van der Waals surface area (Å²) in [5.41, 5.74) is 3.02. The van der Waals surface area contributed by atoms with E-state index in [4.69, 9.17) is 5.21 Å². The highest BCUT2D eigenvalue weighted by molar-refractivity contribution is 5.93. The predicted molar refractivity (Wildman–Crippen MR) is 80.6 cm³/mol. The predicted octanol–water partition coefficient (Wildman–Crippen LogP) is 2.41. The smallest absolute Gasteiger partial charge is 0.280 e. The molecular formula is C16H24N2O3. The van der Waals surface area contributed by atoms with E-state index in [1.165, 1.54) is 12.8 Å². The van der Waals surface area contributed by atoms with Crippen molar-refractivity contribution in [3.8, 4) is 0 Å². The molecule has 0 saturated heterocycles. The van der Waals surface area contributed by atoms with Gasteiger partial charge in [-0.05, 0) is 50.2 Å². The molecule has 2 unspecified atom stereocenters. The molecule has 1 fully saturated rings. The summed E-state index contributed by atoms with van der Waals surface area (Å²) in [5.74, 6) is 0.440. The minimum Gasteiger partial charge on any atom is -0.312 e. The number of hydrogen-bond donors (Lipinski definition) is 2. The molecule has 1 aliphatic carbocycles. The highest BCUT2D eigenvalue weighted by Gasteiger charge is 2.22. The van der Waals surface area contributed by atoms with Crippen LogP contribution in [0.3, 0.4) is 0 Å². The zero-order chi connectivity index (χ0) is 15.6. The Bertz CT molecular complexity index is 592. The van der Waals surface area contributed by atoms with Crippen LogP contribution in [0.1, 0.15) is 54.2 Å². The van der Waals surface area contributed by atoms with Gasteiger partial charge in [0.05, 0.1) is 0 Å². The van der Waals surface area contributed by atoms with Crippen LogP contribution >= 0.6 is 0 Å². The molecule has 1 aliphatic rings.